The van der Waals surface area contributed by atoms with Gasteiger partial charge in [-0.05, 0) is 24.3 Å². The first kappa shape index (κ1) is 24.8. The van der Waals surface area contributed by atoms with Crippen LogP contribution in [0.4, 0.5) is 5.69 Å². The number of carbonyl (C=O) groups is 1. The van der Waals surface area contributed by atoms with Crippen LogP contribution in [0.2, 0.25) is 5.02 Å². The van der Waals surface area contributed by atoms with Gasteiger partial charge >= 0.3 is 0 Å². The van der Waals surface area contributed by atoms with E-state index in [-0.39, 0.29) is 12.3 Å². The first-order valence-electron chi connectivity index (χ1n) is 10.4. The van der Waals surface area contributed by atoms with Crippen LogP contribution < -0.4 is 10.2 Å². The number of thioether (sulfide) groups is 2. The SMILES string of the molecule is O=C(N/N=C/c1ccc(SC2=NCCS2)c([N+](=O)[O-])c1)c1ccccc1OCc1ccccc1Cl. The van der Waals surface area contributed by atoms with Gasteiger partial charge in [0, 0.05) is 28.0 Å². The van der Waals surface area contributed by atoms with E-state index in [1.165, 1.54) is 24.0 Å². The molecule has 3 aromatic rings. The molecular formula is C24H19ClN4O4S2. The second-order valence-electron chi connectivity index (χ2n) is 7.16. The number of hydrazone groups is 1. The number of nitrogens with one attached hydrogen (secondary N) is 1. The van der Waals surface area contributed by atoms with Crippen LogP contribution in [-0.2, 0) is 6.61 Å². The second-order valence-corrected chi connectivity index (χ2v) is 9.94. The number of nitro benzene ring substituents is 1. The molecule has 0 saturated heterocycles. The number of rotatable bonds is 8. The summed E-state index contributed by atoms with van der Waals surface area (Å²) in [5.74, 6) is 0.785. The van der Waals surface area contributed by atoms with Crippen LogP contribution >= 0.6 is 35.1 Å². The number of ether oxygens (including phenoxy) is 1. The zero-order valence-corrected chi connectivity index (χ0v) is 20.6. The molecule has 1 amide bonds. The van der Waals surface area contributed by atoms with Crippen molar-refractivity contribution in [2.75, 3.05) is 12.3 Å². The molecule has 0 saturated carbocycles. The maximum absolute atomic E-state index is 12.7. The monoisotopic (exact) mass is 526 g/mol. The summed E-state index contributed by atoms with van der Waals surface area (Å²) in [6, 6.07) is 18.9. The van der Waals surface area contributed by atoms with Gasteiger partial charge in [0.1, 0.15) is 16.7 Å². The molecule has 1 heterocycles. The third-order valence-corrected chi connectivity index (χ3v) is 7.39. The van der Waals surface area contributed by atoms with Crippen molar-refractivity contribution in [3.05, 3.63) is 98.6 Å². The topological polar surface area (TPSA) is 106 Å². The van der Waals surface area contributed by atoms with Crippen LogP contribution in [-0.4, -0.2) is 33.7 Å². The highest BCUT2D eigenvalue weighted by molar-refractivity contribution is 8.39. The Balaban J connectivity index is 1.42. The molecule has 35 heavy (non-hydrogen) atoms. The standard InChI is InChI=1S/C24H19ClN4O4S2/c25-19-7-3-1-5-17(19)15-33-21-8-4-2-6-18(21)23(30)28-27-14-16-9-10-22(20(13-16)29(31)32)35-24-26-11-12-34-24/h1-10,13-14H,11-12,15H2,(H,28,30)/b27-14+. The fourth-order valence-electron chi connectivity index (χ4n) is 3.09. The Morgan fingerprint density at radius 3 is 2.80 bits per heavy atom. The zero-order valence-electron chi connectivity index (χ0n) is 18.2. The van der Waals surface area contributed by atoms with E-state index in [4.69, 9.17) is 16.3 Å². The van der Waals surface area contributed by atoms with Gasteiger partial charge in [0.2, 0.25) is 0 Å². The highest BCUT2D eigenvalue weighted by atomic mass is 35.5. The zero-order chi connectivity index (χ0) is 24.6. The van der Waals surface area contributed by atoms with Crippen LogP contribution in [0.15, 0.2) is 81.7 Å². The Hall–Kier alpha value is -3.34. The molecule has 11 heteroatoms. The van der Waals surface area contributed by atoms with Gasteiger partial charge in [-0.1, -0.05) is 71.5 Å². The van der Waals surface area contributed by atoms with Crippen LogP contribution in [0.1, 0.15) is 21.5 Å². The molecule has 0 bridgehead atoms. The number of amides is 1. The van der Waals surface area contributed by atoms with E-state index in [9.17, 15) is 14.9 Å². The Morgan fingerprint density at radius 2 is 2.03 bits per heavy atom. The van der Waals surface area contributed by atoms with Crippen molar-refractivity contribution in [1.82, 2.24) is 5.43 Å². The summed E-state index contributed by atoms with van der Waals surface area (Å²) in [6.45, 7) is 0.922. The molecule has 1 aliphatic rings. The van der Waals surface area contributed by atoms with Gasteiger partial charge in [-0.15, -0.1) is 0 Å². The van der Waals surface area contributed by atoms with Crippen molar-refractivity contribution in [1.29, 1.82) is 0 Å². The number of nitro groups is 1. The van der Waals surface area contributed by atoms with Crippen LogP contribution in [0.25, 0.3) is 0 Å². The maximum Gasteiger partial charge on any atom is 0.283 e. The lowest BCUT2D eigenvalue weighted by Crippen LogP contribution is -2.18. The predicted molar refractivity (Wildman–Crippen MR) is 141 cm³/mol. The van der Waals surface area contributed by atoms with E-state index in [0.29, 0.717) is 26.8 Å². The molecular weight excluding hydrogens is 508 g/mol. The van der Waals surface area contributed by atoms with Gasteiger partial charge in [0.05, 0.1) is 28.1 Å². The first-order valence-corrected chi connectivity index (χ1v) is 12.6. The van der Waals surface area contributed by atoms with Crippen molar-refractivity contribution >= 4 is 57.3 Å². The number of hydrogen-bond acceptors (Lipinski definition) is 8. The molecule has 8 nitrogen and oxygen atoms in total. The fourth-order valence-corrected chi connectivity index (χ4v) is 5.29. The third kappa shape index (κ3) is 6.62. The molecule has 0 aliphatic carbocycles. The number of nitrogens with zero attached hydrogens (tertiary/aromatic N) is 3. The molecule has 0 radical (unpaired) electrons. The summed E-state index contributed by atoms with van der Waals surface area (Å²) in [5, 5.41) is 16.1. The first-order chi connectivity index (χ1) is 17.0. The summed E-state index contributed by atoms with van der Waals surface area (Å²) < 4.78 is 6.63. The molecule has 0 unspecified atom stereocenters. The molecule has 3 aromatic carbocycles. The van der Waals surface area contributed by atoms with Crippen molar-refractivity contribution in [2.45, 2.75) is 11.5 Å². The number of aliphatic imine (C=N–C) groups is 1. The Kier molecular flexibility index (Phi) is 8.40. The lowest BCUT2D eigenvalue weighted by atomic mass is 10.2. The van der Waals surface area contributed by atoms with Gasteiger partial charge in [0.25, 0.3) is 11.6 Å². The van der Waals surface area contributed by atoms with E-state index < -0.39 is 10.8 Å². The average Bonchev–Trinajstić information content (AvgIpc) is 3.37. The lowest BCUT2D eigenvalue weighted by molar-refractivity contribution is -0.387. The molecule has 1 aliphatic heterocycles. The number of carbonyl (C=O) groups excluding carboxylic acids is 1. The summed E-state index contributed by atoms with van der Waals surface area (Å²) in [7, 11) is 0. The fraction of sp³-hybridized carbons (Fsp3) is 0.125. The number of halogens is 1. The van der Waals surface area contributed by atoms with E-state index in [1.807, 2.05) is 18.2 Å². The normalized spacial score (nSPS) is 13.0. The minimum Gasteiger partial charge on any atom is -0.488 e. The van der Waals surface area contributed by atoms with Gasteiger partial charge in [0.15, 0.2) is 0 Å². The lowest BCUT2D eigenvalue weighted by Gasteiger charge is -2.11. The average molecular weight is 527 g/mol. The summed E-state index contributed by atoms with van der Waals surface area (Å²) in [6.07, 6.45) is 1.36. The Bertz CT molecular complexity index is 1320. The predicted octanol–water partition coefficient (Wildman–Crippen LogP) is 5.79. The van der Waals surface area contributed by atoms with Crippen LogP contribution in [0.5, 0.6) is 5.75 Å². The van der Waals surface area contributed by atoms with Gasteiger partial charge in [-0.3, -0.25) is 19.9 Å². The van der Waals surface area contributed by atoms with E-state index in [2.05, 4.69) is 15.5 Å². The Morgan fingerprint density at radius 1 is 1.23 bits per heavy atom. The molecule has 1 N–H and O–H groups in total. The Labute approximate surface area is 215 Å². The smallest absolute Gasteiger partial charge is 0.283 e. The summed E-state index contributed by atoms with van der Waals surface area (Å²) >= 11 is 9.04. The minimum atomic E-state index is -0.478. The van der Waals surface area contributed by atoms with E-state index in [0.717, 1.165) is 22.2 Å². The van der Waals surface area contributed by atoms with Crippen molar-refractivity contribution in [2.24, 2.45) is 10.1 Å². The highest BCUT2D eigenvalue weighted by Gasteiger charge is 2.19. The van der Waals surface area contributed by atoms with Crippen LogP contribution in [0.3, 0.4) is 0 Å². The molecule has 4 rings (SSSR count). The van der Waals surface area contributed by atoms with Crippen molar-refractivity contribution in [3.8, 4) is 5.75 Å². The van der Waals surface area contributed by atoms with E-state index >= 15 is 0 Å². The maximum atomic E-state index is 12.7. The van der Waals surface area contributed by atoms with Gasteiger partial charge in [-0.2, -0.15) is 5.10 Å². The third-order valence-electron chi connectivity index (χ3n) is 4.79. The molecule has 0 atom stereocenters. The molecule has 0 spiro atoms. The number of benzene rings is 3. The van der Waals surface area contributed by atoms with Crippen molar-refractivity contribution in [3.63, 3.8) is 0 Å². The van der Waals surface area contributed by atoms with E-state index in [1.54, 1.807) is 54.2 Å². The van der Waals surface area contributed by atoms with Gasteiger partial charge < -0.3 is 4.74 Å². The van der Waals surface area contributed by atoms with Crippen molar-refractivity contribution < 1.29 is 14.5 Å². The second kappa shape index (κ2) is 11.9. The highest BCUT2D eigenvalue weighted by Crippen LogP contribution is 2.35. The van der Waals surface area contributed by atoms with Crippen LogP contribution in [0, 0.1) is 10.1 Å². The molecule has 178 valence electrons. The summed E-state index contributed by atoms with van der Waals surface area (Å²) in [4.78, 5) is 28.6. The quantitative estimate of drug-likeness (QED) is 0.226. The number of para-hydroxylation sites is 1. The van der Waals surface area contributed by atoms with Gasteiger partial charge in [-0.25, -0.2) is 5.43 Å². The molecule has 0 aromatic heterocycles. The molecule has 0 fully saturated rings. The summed E-state index contributed by atoms with van der Waals surface area (Å²) in [5.41, 5.74) is 3.97. The largest absolute Gasteiger partial charge is 0.488 e. The number of hydrogen-bond donors (Lipinski definition) is 1. The minimum absolute atomic E-state index is 0.0428.